The zero-order chi connectivity index (χ0) is 23.4. The van der Waals surface area contributed by atoms with Crippen LogP contribution in [0.15, 0.2) is 59.5 Å². The second-order valence-corrected chi connectivity index (χ2v) is 11.0. The summed E-state index contributed by atoms with van der Waals surface area (Å²) in [5.41, 5.74) is 0.835. The molecular weight excluding hydrogens is 453 g/mol. The number of aromatic nitrogens is 2. The Morgan fingerprint density at radius 2 is 1.68 bits per heavy atom. The number of carbonyl (C=O) groups is 1. The van der Waals surface area contributed by atoms with Crippen LogP contribution in [-0.4, -0.2) is 20.8 Å². The van der Waals surface area contributed by atoms with Gasteiger partial charge in [-0.2, -0.15) is 0 Å². The lowest BCUT2D eigenvalue weighted by atomic mass is 9.53. The van der Waals surface area contributed by atoms with Gasteiger partial charge in [0.2, 0.25) is 0 Å². The molecule has 1 heterocycles. The maximum absolute atomic E-state index is 13.8. The van der Waals surface area contributed by atoms with Crippen molar-refractivity contribution in [2.24, 2.45) is 17.8 Å². The third kappa shape index (κ3) is 3.88. The van der Waals surface area contributed by atoms with Crippen LogP contribution in [0.3, 0.4) is 0 Å². The third-order valence-electron chi connectivity index (χ3n) is 7.92. The van der Waals surface area contributed by atoms with Crippen molar-refractivity contribution in [2.45, 2.75) is 50.6 Å². The van der Waals surface area contributed by atoms with Crippen LogP contribution in [0, 0.1) is 23.6 Å². The van der Waals surface area contributed by atoms with Crippen molar-refractivity contribution in [1.82, 2.24) is 14.7 Å². The van der Waals surface area contributed by atoms with Crippen molar-refractivity contribution in [3.8, 4) is 5.69 Å². The highest BCUT2D eigenvalue weighted by molar-refractivity contribution is 6.30. The summed E-state index contributed by atoms with van der Waals surface area (Å²) in [5.74, 6) is 1.41. The first kappa shape index (κ1) is 21.7. The van der Waals surface area contributed by atoms with E-state index in [0.29, 0.717) is 34.0 Å². The van der Waals surface area contributed by atoms with Gasteiger partial charge in [0.25, 0.3) is 11.5 Å². The van der Waals surface area contributed by atoms with E-state index in [1.165, 1.54) is 36.1 Å². The molecule has 176 valence electrons. The van der Waals surface area contributed by atoms with E-state index in [-0.39, 0.29) is 34.9 Å². The topological polar surface area (TPSA) is 56.0 Å². The Morgan fingerprint density at radius 1 is 1.03 bits per heavy atom. The zero-order valence-electron chi connectivity index (χ0n) is 18.8. The van der Waals surface area contributed by atoms with Gasteiger partial charge in [0, 0.05) is 16.8 Å². The van der Waals surface area contributed by atoms with Gasteiger partial charge in [0.15, 0.2) is 0 Å². The predicted octanol–water partition coefficient (Wildman–Crippen LogP) is 5.18. The first-order chi connectivity index (χ1) is 16.4. The number of rotatable bonds is 5. The van der Waals surface area contributed by atoms with Crippen LogP contribution in [0.1, 0.15) is 54.4 Å². The Labute approximate surface area is 202 Å². The van der Waals surface area contributed by atoms with E-state index in [9.17, 15) is 14.0 Å². The molecule has 0 radical (unpaired) electrons. The molecule has 1 aromatic heterocycles. The first-order valence-corrected chi connectivity index (χ1v) is 12.4. The predicted molar refractivity (Wildman–Crippen MR) is 129 cm³/mol. The van der Waals surface area contributed by atoms with Crippen LogP contribution >= 0.6 is 11.6 Å². The number of hydrogen-bond acceptors (Lipinski definition) is 2. The summed E-state index contributed by atoms with van der Waals surface area (Å²) < 4.78 is 17.0. The maximum Gasteiger partial charge on any atom is 0.284 e. The highest BCUT2D eigenvalue weighted by Gasteiger charge is 2.51. The molecule has 34 heavy (non-hydrogen) atoms. The smallest absolute Gasteiger partial charge is 0.284 e. The SMILES string of the molecule is O=C(NC12CC3CC(CC(C3)C1)C2)c1cn(Cc2cccc(F)c2)n(-c2ccc(Cl)cc2)c1=O. The number of benzene rings is 2. The summed E-state index contributed by atoms with van der Waals surface area (Å²) >= 11 is 6.05. The average molecular weight is 480 g/mol. The molecule has 4 aliphatic carbocycles. The number of carbonyl (C=O) groups excluding carboxylic acids is 1. The van der Waals surface area contributed by atoms with Crippen molar-refractivity contribution in [3.63, 3.8) is 0 Å². The molecule has 0 unspecified atom stereocenters. The van der Waals surface area contributed by atoms with Crippen LogP contribution in [0.25, 0.3) is 5.69 Å². The molecule has 4 bridgehead atoms. The number of nitrogens with zero attached hydrogens (tertiary/aromatic N) is 2. The Bertz CT molecular complexity index is 1270. The second-order valence-electron chi connectivity index (χ2n) is 10.5. The van der Waals surface area contributed by atoms with Crippen LogP contribution in [0.4, 0.5) is 4.39 Å². The Morgan fingerprint density at radius 3 is 2.29 bits per heavy atom. The van der Waals surface area contributed by atoms with Gasteiger partial charge >= 0.3 is 0 Å². The average Bonchev–Trinajstić information content (AvgIpc) is 3.09. The molecule has 4 fully saturated rings. The molecule has 2 aromatic carbocycles. The van der Waals surface area contributed by atoms with Gasteiger partial charge in [-0.25, -0.2) is 9.07 Å². The molecule has 3 aromatic rings. The van der Waals surface area contributed by atoms with Crippen molar-refractivity contribution in [1.29, 1.82) is 0 Å². The van der Waals surface area contributed by atoms with E-state index >= 15 is 0 Å². The Balaban J connectivity index is 1.36. The van der Waals surface area contributed by atoms with Gasteiger partial charge in [0.1, 0.15) is 11.4 Å². The first-order valence-electron chi connectivity index (χ1n) is 12.0. The van der Waals surface area contributed by atoms with Crippen molar-refractivity contribution >= 4 is 17.5 Å². The standard InChI is InChI=1S/C27H27ClFN3O2/c28-21-4-6-23(7-5-21)32-26(34)24(16-31(32)15-17-2-1-3-22(29)11-17)25(33)30-27-12-18-8-19(13-27)10-20(9-18)14-27/h1-7,11,16,18-20H,8-10,12-15H2,(H,30,33). The molecular formula is C27H27ClFN3O2. The number of halogens is 2. The highest BCUT2D eigenvalue weighted by atomic mass is 35.5. The van der Waals surface area contributed by atoms with E-state index < -0.39 is 0 Å². The van der Waals surface area contributed by atoms with Gasteiger partial charge in [-0.3, -0.25) is 14.3 Å². The molecule has 7 rings (SSSR count). The van der Waals surface area contributed by atoms with Crippen molar-refractivity contribution in [3.05, 3.63) is 87.0 Å². The van der Waals surface area contributed by atoms with Crippen LogP contribution in [0.2, 0.25) is 5.02 Å². The fraction of sp³-hybridized carbons (Fsp3) is 0.407. The van der Waals surface area contributed by atoms with E-state index in [4.69, 9.17) is 11.6 Å². The van der Waals surface area contributed by atoms with Crippen molar-refractivity contribution in [2.75, 3.05) is 0 Å². The van der Waals surface area contributed by atoms with Gasteiger partial charge in [0.05, 0.1) is 12.2 Å². The summed E-state index contributed by atoms with van der Waals surface area (Å²) in [7, 11) is 0. The lowest BCUT2D eigenvalue weighted by Gasteiger charge is -2.56. The van der Waals surface area contributed by atoms with E-state index in [0.717, 1.165) is 19.3 Å². The quantitative estimate of drug-likeness (QED) is 0.548. The van der Waals surface area contributed by atoms with E-state index in [1.54, 1.807) is 47.3 Å². The van der Waals surface area contributed by atoms with Gasteiger partial charge < -0.3 is 5.32 Å². The van der Waals surface area contributed by atoms with E-state index in [2.05, 4.69) is 5.32 Å². The summed E-state index contributed by atoms with van der Waals surface area (Å²) in [6, 6.07) is 13.2. The monoisotopic (exact) mass is 479 g/mol. The molecule has 0 aliphatic heterocycles. The highest BCUT2D eigenvalue weighted by Crippen LogP contribution is 2.55. The number of hydrogen-bond donors (Lipinski definition) is 1. The van der Waals surface area contributed by atoms with E-state index in [1.807, 2.05) is 0 Å². The lowest BCUT2D eigenvalue weighted by molar-refractivity contribution is -0.0167. The molecule has 0 saturated heterocycles. The molecule has 1 amide bonds. The van der Waals surface area contributed by atoms with Gasteiger partial charge in [-0.05, 0) is 98.2 Å². The lowest BCUT2D eigenvalue weighted by Crippen LogP contribution is -2.60. The van der Waals surface area contributed by atoms with Gasteiger partial charge in [-0.1, -0.05) is 23.7 Å². The molecule has 4 aliphatic rings. The minimum atomic E-state index is -0.388. The molecule has 1 N–H and O–H groups in total. The van der Waals surface area contributed by atoms with Crippen LogP contribution in [0.5, 0.6) is 0 Å². The summed E-state index contributed by atoms with van der Waals surface area (Å²) in [6.07, 6.45) is 8.48. The normalized spacial score (nSPS) is 27.2. The van der Waals surface area contributed by atoms with Crippen molar-refractivity contribution < 1.29 is 9.18 Å². The molecule has 0 atom stereocenters. The molecule has 7 heteroatoms. The second kappa shape index (κ2) is 8.12. The molecule has 5 nitrogen and oxygen atoms in total. The van der Waals surface area contributed by atoms with Crippen LogP contribution < -0.4 is 10.9 Å². The molecule has 0 spiro atoms. The minimum absolute atomic E-state index is 0.113. The summed E-state index contributed by atoms with van der Waals surface area (Å²) in [4.78, 5) is 27.0. The largest absolute Gasteiger partial charge is 0.346 e. The summed E-state index contributed by atoms with van der Waals surface area (Å²) in [5, 5.41) is 3.86. The fourth-order valence-corrected chi connectivity index (χ4v) is 7.13. The summed E-state index contributed by atoms with van der Waals surface area (Å²) in [6.45, 7) is 0.250. The zero-order valence-corrected chi connectivity index (χ0v) is 19.6. The maximum atomic E-state index is 13.8. The minimum Gasteiger partial charge on any atom is -0.346 e. The fourth-order valence-electron chi connectivity index (χ4n) is 7.01. The molecule has 4 saturated carbocycles. The third-order valence-corrected chi connectivity index (χ3v) is 8.18. The number of amides is 1. The Kier molecular flexibility index (Phi) is 5.17. The van der Waals surface area contributed by atoms with Gasteiger partial charge in [-0.15, -0.1) is 0 Å². The van der Waals surface area contributed by atoms with Crippen LogP contribution in [-0.2, 0) is 6.54 Å². The number of nitrogens with one attached hydrogen (secondary N) is 1. The Hall–Kier alpha value is -2.86.